The lowest BCUT2D eigenvalue weighted by molar-refractivity contribution is 0.953. The summed E-state index contributed by atoms with van der Waals surface area (Å²) < 4.78 is 0. The van der Waals surface area contributed by atoms with E-state index < -0.39 is 0 Å². The third-order valence-corrected chi connectivity index (χ3v) is 2.63. The van der Waals surface area contributed by atoms with Gasteiger partial charge in [-0.25, -0.2) is 0 Å². The van der Waals surface area contributed by atoms with E-state index in [0.717, 1.165) is 12.1 Å². The van der Waals surface area contributed by atoms with Gasteiger partial charge in [0.05, 0.1) is 0 Å². The molecular weight excluding hydrogens is 238 g/mol. The molecule has 1 aromatic heterocycles. The Bertz CT molecular complexity index is 566. The lowest BCUT2D eigenvalue weighted by Crippen LogP contribution is -2.15. The first kappa shape index (κ1) is 13.3. The molecule has 2 rings (SSSR count). The van der Waals surface area contributed by atoms with Crippen LogP contribution in [-0.2, 0) is 0 Å². The van der Waals surface area contributed by atoms with Crippen molar-refractivity contribution in [3.63, 3.8) is 0 Å². The van der Waals surface area contributed by atoms with E-state index in [9.17, 15) is 0 Å². The summed E-state index contributed by atoms with van der Waals surface area (Å²) >= 11 is 0. The molecule has 5 heteroatoms. The Morgan fingerprint density at radius 1 is 1.16 bits per heavy atom. The van der Waals surface area contributed by atoms with Gasteiger partial charge in [0, 0.05) is 26.2 Å². The molecule has 0 saturated heterocycles. The van der Waals surface area contributed by atoms with Gasteiger partial charge in [-0.2, -0.15) is 15.0 Å². The number of rotatable bonds is 4. The highest BCUT2D eigenvalue weighted by molar-refractivity contribution is 5.59. The van der Waals surface area contributed by atoms with Crippen molar-refractivity contribution in [2.75, 3.05) is 30.9 Å². The Kier molecular flexibility index (Phi) is 3.94. The summed E-state index contributed by atoms with van der Waals surface area (Å²) in [6.45, 7) is 4.86. The maximum atomic E-state index is 4.49. The van der Waals surface area contributed by atoms with E-state index >= 15 is 0 Å². The molecule has 0 aliphatic heterocycles. The molecule has 2 aromatic rings. The Hall–Kier alpha value is -2.17. The van der Waals surface area contributed by atoms with E-state index in [1.165, 1.54) is 5.56 Å². The van der Waals surface area contributed by atoms with Gasteiger partial charge < -0.3 is 10.2 Å². The highest BCUT2D eigenvalue weighted by Crippen LogP contribution is 2.19. The van der Waals surface area contributed by atoms with E-state index in [-0.39, 0.29) is 0 Å². The average Bonchev–Trinajstić information content (AvgIpc) is 2.38. The van der Waals surface area contributed by atoms with Crippen molar-refractivity contribution in [3.05, 3.63) is 29.8 Å². The molecule has 5 nitrogen and oxygen atoms in total. The molecule has 0 aliphatic rings. The summed E-state index contributed by atoms with van der Waals surface area (Å²) in [6, 6.07) is 8.15. The fraction of sp³-hybridized carbons (Fsp3) is 0.357. The SMILES string of the molecule is CCNc1nc(-c2cccc(C)c2)nc(N(C)C)n1. The fourth-order valence-electron chi connectivity index (χ4n) is 1.72. The van der Waals surface area contributed by atoms with Gasteiger partial charge in [-0.05, 0) is 19.9 Å². The van der Waals surface area contributed by atoms with Crippen LogP contribution in [0.15, 0.2) is 24.3 Å². The summed E-state index contributed by atoms with van der Waals surface area (Å²) in [5.41, 5.74) is 2.19. The van der Waals surface area contributed by atoms with Crippen molar-refractivity contribution < 1.29 is 0 Å². The summed E-state index contributed by atoms with van der Waals surface area (Å²) in [4.78, 5) is 15.2. The Morgan fingerprint density at radius 3 is 2.58 bits per heavy atom. The minimum absolute atomic E-state index is 0.609. The molecule has 0 spiro atoms. The van der Waals surface area contributed by atoms with Crippen LogP contribution in [0.3, 0.4) is 0 Å². The van der Waals surface area contributed by atoms with Crippen molar-refractivity contribution in [1.82, 2.24) is 15.0 Å². The number of nitrogens with one attached hydrogen (secondary N) is 1. The molecule has 0 bridgehead atoms. The molecule has 0 amide bonds. The molecule has 0 atom stereocenters. The second-order valence-electron chi connectivity index (χ2n) is 4.58. The Morgan fingerprint density at radius 2 is 1.95 bits per heavy atom. The number of aromatic nitrogens is 3. The van der Waals surface area contributed by atoms with Crippen molar-refractivity contribution >= 4 is 11.9 Å². The van der Waals surface area contributed by atoms with Crippen LogP contribution in [0.5, 0.6) is 0 Å². The number of hydrogen-bond acceptors (Lipinski definition) is 5. The van der Waals surface area contributed by atoms with Crippen LogP contribution in [0.25, 0.3) is 11.4 Å². The smallest absolute Gasteiger partial charge is 0.230 e. The minimum atomic E-state index is 0.609. The zero-order valence-electron chi connectivity index (χ0n) is 11.8. The minimum Gasteiger partial charge on any atom is -0.354 e. The van der Waals surface area contributed by atoms with Crippen LogP contribution in [0.4, 0.5) is 11.9 Å². The number of nitrogens with zero attached hydrogens (tertiary/aromatic N) is 4. The van der Waals surface area contributed by atoms with Crippen LogP contribution < -0.4 is 10.2 Å². The molecule has 1 heterocycles. The molecular formula is C14H19N5. The van der Waals surface area contributed by atoms with Crippen LogP contribution in [0.2, 0.25) is 0 Å². The summed E-state index contributed by atoms with van der Waals surface area (Å²) in [6.07, 6.45) is 0. The molecule has 19 heavy (non-hydrogen) atoms. The van der Waals surface area contributed by atoms with Crippen molar-refractivity contribution in [1.29, 1.82) is 0 Å². The lowest BCUT2D eigenvalue weighted by Gasteiger charge is -2.13. The second kappa shape index (κ2) is 5.65. The summed E-state index contributed by atoms with van der Waals surface area (Å²) in [5.74, 6) is 1.96. The quantitative estimate of drug-likeness (QED) is 0.911. The Balaban J connectivity index is 2.49. The van der Waals surface area contributed by atoms with Crippen molar-refractivity contribution in [3.8, 4) is 11.4 Å². The van der Waals surface area contributed by atoms with E-state index in [1.807, 2.05) is 38.1 Å². The van der Waals surface area contributed by atoms with E-state index in [0.29, 0.717) is 17.7 Å². The average molecular weight is 257 g/mol. The van der Waals surface area contributed by atoms with E-state index in [4.69, 9.17) is 0 Å². The molecule has 1 aromatic carbocycles. The first-order valence-electron chi connectivity index (χ1n) is 6.34. The third-order valence-electron chi connectivity index (χ3n) is 2.63. The zero-order valence-corrected chi connectivity index (χ0v) is 11.8. The van der Waals surface area contributed by atoms with Gasteiger partial charge >= 0.3 is 0 Å². The molecule has 1 N–H and O–H groups in total. The predicted octanol–water partition coefficient (Wildman–Crippen LogP) is 2.34. The van der Waals surface area contributed by atoms with Crippen LogP contribution >= 0.6 is 0 Å². The second-order valence-corrected chi connectivity index (χ2v) is 4.58. The molecule has 0 saturated carbocycles. The Labute approximate surface area is 113 Å². The normalized spacial score (nSPS) is 10.3. The topological polar surface area (TPSA) is 53.9 Å². The van der Waals surface area contributed by atoms with Gasteiger partial charge in [-0.1, -0.05) is 23.8 Å². The highest BCUT2D eigenvalue weighted by atomic mass is 15.3. The van der Waals surface area contributed by atoms with Gasteiger partial charge in [0.25, 0.3) is 0 Å². The van der Waals surface area contributed by atoms with E-state index in [2.05, 4.69) is 39.3 Å². The summed E-state index contributed by atoms with van der Waals surface area (Å²) in [7, 11) is 3.84. The monoisotopic (exact) mass is 257 g/mol. The number of hydrogen-bond donors (Lipinski definition) is 1. The van der Waals surface area contributed by atoms with Crippen LogP contribution in [0, 0.1) is 6.92 Å². The molecule has 0 unspecified atom stereocenters. The zero-order chi connectivity index (χ0) is 13.8. The molecule has 0 radical (unpaired) electrons. The van der Waals surface area contributed by atoms with Gasteiger partial charge in [-0.15, -0.1) is 0 Å². The van der Waals surface area contributed by atoms with Crippen molar-refractivity contribution in [2.24, 2.45) is 0 Å². The van der Waals surface area contributed by atoms with Crippen molar-refractivity contribution in [2.45, 2.75) is 13.8 Å². The maximum absolute atomic E-state index is 4.49. The van der Waals surface area contributed by atoms with Gasteiger partial charge in [0.1, 0.15) is 0 Å². The van der Waals surface area contributed by atoms with Crippen LogP contribution in [0.1, 0.15) is 12.5 Å². The largest absolute Gasteiger partial charge is 0.354 e. The first-order valence-corrected chi connectivity index (χ1v) is 6.34. The maximum Gasteiger partial charge on any atom is 0.230 e. The van der Waals surface area contributed by atoms with Gasteiger partial charge in [0.15, 0.2) is 5.82 Å². The lowest BCUT2D eigenvalue weighted by atomic mass is 10.1. The fourth-order valence-corrected chi connectivity index (χ4v) is 1.72. The number of aryl methyl sites for hydroxylation is 1. The molecule has 100 valence electrons. The van der Waals surface area contributed by atoms with Crippen LogP contribution in [-0.4, -0.2) is 35.6 Å². The molecule has 0 fully saturated rings. The van der Waals surface area contributed by atoms with Gasteiger partial charge in [0.2, 0.25) is 11.9 Å². The van der Waals surface area contributed by atoms with E-state index in [1.54, 1.807) is 0 Å². The predicted molar refractivity (Wildman–Crippen MR) is 78.5 cm³/mol. The standard InChI is InChI=1S/C14H19N5/c1-5-15-13-16-12(17-14(18-13)19(3)4)11-8-6-7-10(2)9-11/h6-9H,5H2,1-4H3,(H,15,16,17,18). The molecule has 0 aliphatic carbocycles. The summed E-state index contributed by atoms with van der Waals surface area (Å²) in [5, 5.41) is 3.14. The number of benzene rings is 1. The number of anilines is 2. The highest BCUT2D eigenvalue weighted by Gasteiger charge is 2.09. The first-order chi connectivity index (χ1) is 9.10. The van der Waals surface area contributed by atoms with Gasteiger partial charge in [-0.3, -0.25) is 0 Å². The third kappa shape index (κ3) is 3.19.